The Morgan fingerprint density at radius 2 is 1.83 bits per heavy atom. The Labute approximate surface area is 113 Å². The van der Waals surface area contributed by atoms with Crippen LogP contribution in [0.2, 0.25) is 0 Å². The number of nitrogens with zero attached hydrogens (tertiary/aromatic N) is 1. The SMILES string of the molecule is C=CCN(CC=C)C(C)SC(=O)c1ccccc1. The fraction of sp³-hybridized carbons (Fsp3) is 0.267. The lowest BCUT2D eigenvalue weighted by atomic mass is 10.2. The normalized spacial score (nSPS) is 12.1. The summed E-state index contributed by atoms with van der Waals surface area (Å²) in [5.74, 6) is 0. The molecule has 0 aliphatic carbocycles. The molecular weight excluding hydrogens is 242 g/mol. The maximum atomic E-state index is 12.1. The van der Waals surface area contributed by atoms with Crippen LogP contribution in [0.5, 0.6) is 0 Å². The largest absolute Gasteiger partial charge is 0.284 e. The van der Waals surface area contributed by atoms with Crippen molar-refractivity contribution in [1.29, 1.82) is 0 Å². The monoisotopic (exact) mass is 261 g/mol. The summed E-state index contributed by atoms with van der Waals surface area (Å²) < 4.78 is 0. The molecule has 0 amide bonds. The van der Waals surface area contributed by atoms with E-state index in [1.54, 1.807) is 0 Å². The van der Waals surface area contributed by atoms with Crippen LogP contribution >= 0.6 is 11.8 Å². The van der Waals surface area contributed by atoms with Gasteiger partial charge in [-0.3, -0.25) is 9.69 Å². The second-order valence-electron chi connectivity index (χ2n) is 3.90. The second-order valence-corrected chi connectivity index (χ2v) is 5.19. The zero-order valence-electron chi connectivity index (χ0n) is 10.7. The van der Waals surface area contributed by atoms with Crippen molar-refractivity contribution in [3.05, 3.63) is 61.2 Å². The molecule has 0 N–H and O–H groups in total. The average Bonchev–Trinajstić information content (AvgIpc) is 2.39. The zero-order valence-corrected chi connectivity index (χ0v) is 11.5. The second kappa shape index (κ2) is 7.90. The van der Waals surface area contributed by atoms with Gasteiger partial charge in [-0.1, -0.05) is 54.2 Å². The first kappa shape index (κ1) is 14.7. The highest BCUT2D eigenvalue weighted by Crippen LogP contribution is 2.20. The molecule has 0 aliphatic rings. The third-order valence-electron chi connectivity index (χ3n) is 2.53. The van der Waals surface area contributed by atoms with Crippen molar-refractivity contribution >= 4 is 16.9 Å². The minimum absolute atomic E-state index is 0.0984. The molecule has 0 aliphatic heterocycles. The molecule has 1 rings (SSSR count). The van der Waals surface area contributed by atoms with Crippen molar-refractivity contribution in [2.24, 2.45) is 0 Å². The third kappa shape index (κ3) is 4.51. The van der Waals surface area contributed by atoms with E-state index in [1.807, 2.05) is 49.4 Å². The molecule has 0 fully saturated rings. The molecule has 2 nitrogen and oxygen atoms in total. The molecule has 1 aromatic carbocycles. The minimum atomic E-state index is 0.0984. The van der Waals surface area contributed by atoms with E-state index in [2.05, 4.69) is 18.1 Å². The molecule has 0 spiro atoms. The van der Waals surface area contributed by atoms with Crippen LogP contribution in [-0.4, -0.2) is 28.5 Å². The van der Waals surface area contributed by atoms with Crippen LogP contribution in [0.4, 0.5) is 0 Å². The van der Waals surface area contributed by atoms with Crippen LogP contribution in [-0.2, 0) is 0 Å². The summed E-state index contributed by atoms with van der Waals surface area (Å²) in [7, 11) is 0. The quantitative estimate of drug-likeness (QED) is 0.553. The highest BCUT2D eigenvalue weighted by Gasteiger charge is 2.16. The molecule has 0 aromatic heterocycles. The van der Waals surface area contributed by atoms with Gasteiger partial charge < -0.3 is 0 Å². The van der Waals surface area contributed by atoms with Gasteiger partial charge in [-0.2, -0.15) is 0 Å². The predicted molar refractivity (Wildman–Crippen MR) is 79.8 cm³/mol. The van der Waals surface area contributed by atoms with E-state index in [0.29, 0.717) is 0 Å². The van der Waals surface area contributed by atoms with Gasteiger partial charge in [-0.15, -0.1) is 13.2 Å². The zero-order chi connectivity index (χ0) is 13.4. The van der Waals surface area contributed by atoms with E-state index in [4.69, 9.17) is 0 Å². The maximum Gasteiger partial charge on any atom is 0.220 e. The van der Waals surface area contributed by atoms with Gasteiger partial charge in [0.15, 0.2) is 0 Å². The molecule has 0 bridgehead atoms. The number of hydrogen-bond donors (Lipinski definition) is 0. The van der Waals surface area contributed by atoms with E-state index in [0.717, 1.165) is 18.7 Å². The van der Waals surface area contributed by atoms with Crippen molar-refractivity contribution in [1.82, 2.24) is 4.90 Å². The predicted octanol–water partition coefficient (Wildman–Crippen LogP) is 3.58. The maximum absolute atomic E-state index is 12.1. The first-order valence-corrected chi connectivity index (χ1v) is 6.79. The van der Waals surface area contributed by atoms with Crippen LogP contribution < -0.4 is 0 Å². The van der Waals surface area contributed by atoms with Crippen molar-refractivity contribution in [2.75, 3.05) is 13.1 Å². The first-order valence-electron chi connectivity index (χ1n) is 5.91. The lowest BCUT2D eigenvalue weighted by Crippen LogP contribution is -2.32. The standard InChI is InChI=1S/C15H19NOS/c1-4-11-16(12-5-2)13(3)18-15(17)14-9-7-6-8-10-14/h4-10,13H,1-2,11-12H2,3H3. The fourth-order valence-corrected chi connectivity index (χ4v) is 2.48. The van der Waals surface area contributed by atoms with Gasteiger partial charge >= 0.3 is 0 Å². The number of carbonyl (C=O) groups excluding carboxylic acids is 1. The summed E-state index contributed by atoms with van der Waals surface area (Å²) in [5.41, 5.74) is 0.742. The number of thioether (sulfide) groups is 1. The van der Waals surface area contributed by atoms with E-state index in [-0.39, 0.29) is 10.5 Å². The molecule has 0 saturated heterocycles. The summed E-state index contributed by atoms with van der Waals surface area (Å²) >= 11 is 1.33. The first-order chi connectivity index (χ1) is 8.69. The summed E-state index contributed by atoms with van der Waals surface area (Å²) in [4.78, 5) is 14.2. The van der Waals surface area contributed by atoms with E-state index >= 15 is 0 Å². The molecule has 18 heavy (non-hydrogen) atoms. The Balaban J connectivity index is 2.62. The minimum Gasteiger partial charge on any atom is -0.284 e. The lowest BCUT2D eigenvalue weighted by molar-refractivity contribution is 0.108. The molecule has 0 heterocycles. The van der Waals surface area contributed by atoms with E-state index in [9.17, 15) is 4.79 Å². The highest BCUT2D eigenvalue weighted by molar-refractivity contribution is 8.14. The third-order valence-corrected chi connectivity index (χ3v) is 3.62. The molecule has 96 valence electrons. The van der Waals surface area contributed by atoms with Gasteiger partial charge in [0.2, 0.25) is 5.12 Å². The van der Waals surface area contributed by atoms with Crippen LogP contribution in [0.1, 0.15) is 17.3 Å². The average molecular weight is 261 g/mol. The van der Waals surface area contributed by atoms with Crippen molar-refractivity contribution in [3.63, 3.8) is 0 Å². The van der Waals surface area contributed by atoms with Crippen LogP contribution in [0.3, 0.4) is 0 Å². The van der Waals surface area contributed by atoms with Crippen molar-refractivity contribution < 1.29 is 4.79 Å². The van der Waals surface area contributed by atoms with Crippen LogP contribution in [0.25, 0.3) is 0 Å². The summed E-state index contributed by atoms with van der Waals surface area (Å²) in [6.45, 7) is 11.0. The number of carbonyl (C=O) groups is 1. The molecule has 0 radical (unpaired) electrons. The molecule has 3 heteroatoms. The Kier molecular flexibility index (Phi) is 6.47. The van der Waals surface area contributed by atoms with Crippen molar-refractivity contribution in [3.8, 4) is 0 Å². The van der Waals surface area contributed by atoms with Gasteiger partial charge in [-0.05, 0) is 6.92 Å². The van der Waals surface area contributed by atoms with Gasteiger partial charge in [0.25, 0.3) is 0 Å². The molecule has 1 unspecified atom stereocenters. The summed E-state index contributed by atoms with van der Waals surface area (Å²) in [5, 5.41) is 0.204. The van der Waals surface area contributed by atoms with Crippen molar-refractivity contribution in [2.45, 2.75) is 12.3 Å². The summed E-state index contributed by atoms with van der Waals surface area (Å²) in [6, 6.07) is 9.35. The van der Waals surface area contributed by atoms with Crippen LogP contribution in [0.15, 0.2) is 55.6 Å². The van der Waals surface area contributed by atoms with Gasteiger partial charge in [-0.25, -0.2) is 0 Å². The topological polar surface area (TPSA) is 20.3 Å². The molecule has 1 atom stereocenters. The van der Waals surface area contributed by atoms with Crippen LogP contribution in [0, 0.1) is 0 Å². The highest BCUT2D eigenvalue weighted by atomic mass is 32.2. The fourth-order valence-electron chi connectivity index (χ4n) is 1.57. The smallest absolute Gasteiger partial charge is 0.220 e. The van der Waals surface area contributed by atoms with Gasteiger partial charge in [0, 0.05) is 18.7 Å². The van der Waals surface area contributed by atoms with E-state index in [1.165, 1.54) is 11.8 Å². The van der Waals surface area contributed by atoms with Gasteiger partial charge in [0.1, 0.15) is 0 Å². The lowest BCUT2D eigenvalue weighted by Gasteiger charge is -2.25. The molecular formula is C15H19NOS. The Morgan fingerprint density at radius 1 is 1.28 bits per heavy atom. The number of benzene rings is 1. The Bertz CT molecular complexity index is 392. The summed E-state index contributed by atoms with van der Waals surface area (Å²) in [6.07, 6.45) is 3.68. The van der Waals surface area contributed by atoms with Gasteiger partial charge in [0.05, 0.1) is 5.37 Å². The number of rotatable bonds is 7. The Hall–Kier alpha value is -1.32. The molecule has 0 saturated carbocycles. The number of hydrogen-bond acceptors (Lipinski definition) is 3. The van der Waals surface area contributed by atoms with E-state index < -0.39 is 0 Å². The Morgan fingerprint density at radius 3 is 2.33 bits per heavy atom. The molecule has 1 aromatic rings.